The van der Waals surface area contributed by atoms with Crippen molar-refractivity contribution in [2.45, 2.75) is 25.6 Å². The lowest BCUT2D eigenvalue weighted by Gasteiger charge is -2.19. The molecule has 21 heavy (non-hydrogen) atoms. The minimum atomic E-state index is -1.78. The highest BCUT2D eigenvalue weighted by molar-refractivity contribution is 5.75. The van der Waals surface area contributed by atoms with Crippen LogP contribution in [-0.2, 0) is 20.7 Å². The number of ether oxygens (including phenoxy) is 2. The van der Waals surface area contributed by atoms with Crippen molar-refractivity contribution >= 4 is 11.9 Å². The van der Waals surface area contributed by atoms with Gasteiger partial charge in [-0.05, 0) is 24.6 Å². The van der Waals surface area contributed by atoms with E-state index in [2.05, 4.69) is 4.74 Å². The van der Waals surface area contributed by atoms with Crippen LogP contribution >= 0.6 is 0 Å². The van der Waals surface area contributed by atoms with Crippen molar-refractivity contribution in [1.82, 2.24) is 0 Å². The zero-order valence-electron chi connectivity index (χ0n) is 11.8. The van der Waals surface area contributed by atoms with Crippen LogP contribution in [0.2, 0.25) is 0 Å². The number of benzene rings is 1. The molecule has 0 aliphatic rings. The van der Waals surface area contributed by atoms with Crippen LogP contribution in [0.5, 0.6) is 5.75 Å². The Bertz CT molecular complexity index is 512. The summed E-state index contributed by atoms with van der Waals surface area (Å²) in [6.45, 7) is 1.64. The van der Waals surface area contributed by atoms with Gasteiger partial charge in [-0.3, -0.25) is 4.79 Å². The Morgan fingerprint density at radius 1 is 1.29 bits per heavy atom. The third kappa shape index (κ3) is 4.44. The molecule has 0 amide bonds. The van der Waals surface area contributed by atoms with Gasteiger partial charge in [-0.15, -0.1) is 0 Å². The van der Waals surface area contributed by atoms with Crippen LogP contribution in [-0.4, -0.2) is 47.1 Å². The van der Waals surface area contributed by atoms with E-state index in [9.17, 15) is 19.8 Å². The molecule has 0 fully saturated rings. The van der Waals surface area contributed by atoms with Gasteiger partial charge in [0.25, 0.3) is 0 Å². The summed E-state index contributed by atoms with van der Waals surface area (Å²) in [6.07, 6.45) is -3.61. The van der Waals surface area contributed by atoms with Crippen molar-refractivity contribution in [2.24, 2.45) is 0 Å². The first-order valence-corrected chi connectivity index (χ1v) is 6.32. The maximum atomic E-state index is 11.5. The molecule has 1 aromatic rings. The molecular weight excluding hydrogens is 280 g/mol. The first-order valence-electron chi connectivity index (χ1n) is 6.32. The second-order valence-corrected chi connectivity index (χ2v) is 4.29. The summed E-state index contributed by atoms with van der Waals surface area (Å²) < 4.78 is 9.68. The lowest BCUT2D eigenvalue weighted by atomic mass is 9.99. The number of aliphatic hydroxyl groups is 2. The van der Waals surface area contributed by atoms with Crippen molar-refractivity contribution in [3.05, 3.63) is 29.3 Å². The molecule has 3 N–H and O–H groups in total. The maximum Gasteiger partial charge on any atom is 0.338 e. The van der Waals surface area contributed by atoms with Crippen LogP contribution in [0.25, 0.3) is 0 Å². The Kier molecular flexibility index (Phi) is 6.13. The summed E-state index contributed by atoms with van der Waals surface area (Å²) in [4.78, 5) is 22.2. The normalized spacial score (nSPS) is 13.3. The molecule has 0 aromatic heterocycles. The fourth-order valence-corrected chi connectivity index (χ4v) is 1.83. The third-order valence-electron chi connectivity index (χ3n) is 2.80. The van der Waals surface area contributed by atoms with Crippen molar-refractivity contribution in [3.8, 4) is 5.75 Å². The van der Waals surface area contributed by atoms with Crippen LogP contribution in [0, 0.1) is 0 Å². The van der Waals surface area contributed by atoms with Gasteiger partial charge in [-0.1, -0.05) is 6.07 Å². The lowest BCUT2D eigenvalue weighted by molar-refractivity contribution is -0.159. The number of aliphatic carboxylic acids is 1. The third-order valence-corrected chi connectivity index (χ3v) is 2.80. The predicted octanol–water partition coefficient (Wildman–Crippen LogP) is 0.280. The van der Waals surface area contributed by atoms with Gasteiger partial charge < -0.3 is 24.8 Å². The van der Waals surface area contributed by atoms with Crippen LogP contribution < -0.4 is 4.74 Å². The highest BCUT2D eigenvalue weighted by atomic mass is 16.5. The van der Waals surface area contributed by atoms with E-state index in [-0.39, 0.29) is 24.3 Å². The number of esters is 1. The largest absolute Gasteiger partial charge is 0.496 e. The van der Waals surface area contributed by atoms with E-state index in [1.165, 1.54) is 25.3 Å². The Morgan fingerprint density at radius 2 is 1.95 bits per heavy atom. The number of hydrogen-bond donors (Lipinski definition) is 3. The quantitative estimate of drug-likeness (QED) is 0.619. The van der Waals surface area contributed by atoms with Gasteiger partial charge in [0, 0.05) is 5.56 Å². The summed E-state index contributed by atoms with van der Waals surface area (Å²) in [5.74, 6) is -1.76. The summed E-state index contributed by atoms with van der Waals surface area (Å²) >= 11 is 0. The van der Waals surface area contributed by atoms with Gasteiger partial charge in [0.1, 0.15) is 11.9 Å². The van der Waals surface area contributed by atoms with E-state index in [1.807, 2.05) is 0 Å². The van der Waals surface area contributed by atoms with Crippen LogP contribution in [0.15, 0.2) is 18.2 Å². The number of hydrogen-bond acceptors (Lipinski definition) is 6. The minimum absolute atomic E-state index is 0.0683. The molecule has 2 atom stereocenters. The van der Waals surface area contributed by atoms with Crippen molar-refractivity contribution in [3.63, 3.8) is 0 Å². The SMILES string of the molecule is CCOC(=O)C(O)C(O)c1cc(CC(=O)O)ccc1OC. The molecule has 0 aliphatic heterocycles. The van der Waals surface area contributed by atoms with Crippen molar-refractivity contribution in [2.75, 3.05) is 13.7 Å². The zero-order valence-corrected chi connectivity index (χ0v) is 11.8. The molecule has 2 unspecified atom stereocenters. The van der Waals surface area contributed by atoms with E-state index in [0.29, 0.717) is 5.56 Å². The monoisotopic (exact) mass is 298 g/mol. The number of carbonyl (C=O) groups is 2. The van der Waals surface area contributed by atoms with Gasteiger partial charge in [-0.2, -0.15) is 0 Å². The molecule has 0 saturated heterocycles. The molecule has 0 aliphatic carbocycles. The highest BCUT2D eigenvalue weighted by Gasteiger charge is 2.29. The molecular formula is C14H18O7. The van der Waals surface area contributed by atoms with Crippen molar-refractivity contribution < 1.29 is 34.4 Å². The van der Waals surface area contributed by atoms with E-state index >= 15 is 0 Å². The molecule has 7 heteroatoms. The van der Waals surface area contributed by atoms with Gasteiger partial charge in [-0.25, -0.2) is 4.79 Å². The molecule has 1 rings (SSSR count). The Labute approximate surface area is 121 Å². The fourth-order valence-electron chi connectivity index (χ4n) is 1.83. The Morgan fingerprint density at radius 3 is 2.48 bits per heavy atom. The molecule has 0 spiro atoms. The van der Waals surface area contributed by atoms with Crippen LogP contribution in [0.1, 0.15) is 24.2 Å². The molecule has 7 nitrogen and oxygen atoms in total. The molecule has 0 radical (unpaired) electrons. The van der Waals surface area contributed by atoms with Crippen LogP contribution in [0.4, 0.5) is 0 Å². The number of rotatable bonds is 7. The van der Waals surface area contributed by atoms with Gasteiger partial charge in [0.2, 0.25) is 0 Å². The van der Waals surface area contributed by atoms with E-state index in [0.717, 1.165) is 0 Å². The Hall–Kier alpha value is -2.12. The lowest BCUT2D eigenvalue weighted by Crippen LogP contribution is -2.30. The van der Waals surface area contributed by atoms with E-state index < -0.39 is 24.1 Å². The summed E-state index contributed by atoms with van der Waals surface area (Å²) in [5, 5.41) is 28.6. The standard InChI is InChI=1S/C14H18O7/c1-3-21-14(19)13(18)12(17)9-6-8(7-11(15)16)4-5-10(9)20-2/h4-6,12-13,17-18H,3,7H2,1-2H3,(H,15,16). The summed E-state index contributed by atoms with van der Waals surface area (Å²) in [6, 6.07) is 4.37. The van der Waals surface area contributed by atoms with Gasteiger partial charge in [0.15, 0.2) is 6.10 Å². The molecule has 116 valence electrons. The number of carbonyl (C=O) groups excluding carboxylic acids is 1. The first-order chi connectivity index (χ1) is 9.90. The molecule has 1 aromatic carbocycles. The number of carboxylic acids is 1. The van der Waals surface area contributed by atoms with Gasteiger partial charge >= 0.3 is 11.9 Å². The average Bonchev–Trinajstić information content (AvgIpc) is 2.45. The smallest absolute Gasteiger partial charge is 0.338 e. The molecule has 0 saturated carbocycles. The molecule has 0 heterocycles. The van der Waals surface area contributed by atoms with Crippen LogP contribution in [0.3, 0.4) is 0 Å². The van der Waals surface area contributed by atoms with E-state index in [4.69, 9.17) is 9.84 Å². The second-order valence-electron chi connectivity index (χ2n) is 4.29. The van der Waals surface area contributed by atoms with E-state index in [1.54, 1.807) is 6.92 Å². The van der Waals surface area contributed by atoms with Gasteiger partial charge in [0.05, 0.1) is 20.1 Å². The second kappa shape index (κ2) is 7.61. The minimum Gasteiger partial charge on any atom is -0.496 e. The highest BCUT2D eigenvalue weighted by Crippen LogP contribution is 2.29. The predicted molar refractivity (Wildman–Crippen MR) is 71.9 cm³/mol. The number of aliphatic hydroxyl groups excluding tert-OH is 2. The topological polar surface area (TPSA) is 113 Å². The van der Waals surface area contributed by atoms with Crippen molar-refractivity contribution in [1.29, 1.82) is 0 Å². The fraction of sp³-hybridized carbons (Fsp3) is 0.429. The first kappa shape index (κ1) is 16.9. The molecule has 0 bridgehead atoms. The number of methoxy groups -OCH3 is 1. The average molecular weight is 298 g/mol. The summed E-state index contributed by atoms with van der Waals surface area (Å²) in [5.41, 5.74) is 0.533. The zero-order chi connectivity index (χ0) is 16.0. The Balaban J connectivity index is 3.07. The number of carboxylic acid groups (broad SMARTS) is 1. The maximum absolute atomic E-state index is 11.5. The summed E-state index contributed by atoms with van der Waals surface area (Å²) in [7, 11) is 1.36.